The number of ether oxygens (including phenoxy) is 1. The molecule has 1 amide bonds. The van der Waals surface area contributed by atoms with Gasteiger partial charge >= 0.3 is 6.09 Å². The minimum Gasteiger partial charge on any atom is -0.412 e. The van der Waals surface area contributed by atoms with Gasteiger partial charge in [0.2, 0.25) is 0 Å². The highest BCUT2D eigenvalue weighted by Crippen LogP contribution is 2.39. The van der Waals surface area contributed by atoms with Gasteiger partial charge in [0, 0.05) is 6.04 Å². The number of rotatable bonds is 2. The molecule has 1 aromatic carbocycles. The lowest BCUT2D eigenvalue weighted by Gasteiger charge is -2.37. The van der Waals surface area contributed by atoms with E-state index in [1.54, 1.807) is 0 Å². The SMILES string of the molecule is CC1(C)/C(=C/c2ccccc2)OC(=O)N1C1CCCCC1. The average Bonchev–Trinajstić information content (AvgIpc) is 2.70. The predicted molar refractivity (Wildman–Crippen MR) is 83.7 cm³/mol. The number of hydrogen-bond donors (Lipinski definition) is 0. The topological polar surface area (TPSA) is 29.5 Å². The van der Waals surface area contributed by atoms with Crippen LogP contribution >= 0.6 is 0 Å². The van der Waals surface area contributed by atoms with Gasteiger partial charge < -0.3 is 4.74 Å². The van der Waals surface area contributed by atoms with Gasteiger partial charge in [-0.2, -0.15) is 0 Å². The van der Waals surface area contributed by atoms with Crippen molar-refractivity contribution in [2.45, 2.75) is 57.5 Å². The molecule has 1 aromatic rings. The van der Waals surface area contributed by atoms with Crippen LogP contribution in [-0.2, 0) is 4.74 Å². The normalized spacial score (nSPS) is 24.4. The maximum absolute atomic E-state index is 12.4. The van der Waals surface area contributed by atoms with E-state index in [0.29, 0.717) is 6.04 Å². The Morgan fingerprint density at radius 2 is 1.81 bits per heavy atom. The van der Waals surface area contributed by atoms with Gasteiger partial charge in [-0.25, -0.2) is 4.79 Å². The molecular weight excluding hydrogens is 262 g/mol. The van der Waals surface area contributed by atoms with Gasteiger partial charge in [0.1, 0.15) is 5.76 Å². The smallest absolute Gasteiger partial charge is 0.412 e. The molecule has 1 heterocycles. The molecule has 0 atom stereocenters. The summed E-state index contributed by atoms with van der Waals surface area (Å²) in [7, 11) is 0. The predicted octanol–water partition coefficient (Wildman–Crippen LogP) is 4.59. The van der Waals surface area contributed by atoms with Gasteiger partial charge in [-0.3, -0.25) is 4.90 Å². The molecule has 0 bridgehead atoms. The zero-order valence-corrected chi connectivity index (χ0v) is 12.8. The third-order valence-corrected chi connectivity index (χ3v) is 4.64. The third kappa shape index (κ3) is 2.69. The second kappa shape index (κ2) is 5.55. The maximum Gasteiger partial charge on any atom is 0.416 e. The third-order valence-electron chi connectivity index (χ3n) is 4.64. The van der Waals surface area contributed by atoms with E-state index in [2.05, 4.69) is 13.8 Å². The second-order valence-corrected chi connectivity index (χ2v) is 6.51. The van der Waals surface area contributed by atoms with E-state index in [1.165, 1.54) is 19.3 Å². The Hall–Kier alpha value is -1.77. The molecule has 0 aromatic heterocycles. The molecule has 0 spiro atoms. The molecule has 0 N–H and O–H groups in total. The number of benzene rings is 1. The lowest BCUT2D eigenvalue weighted by atomic mass is 9.90. The van der Waals surface area contributed by atoms with Crippen molar-refractivity contribution in [3.8, 4) is 0 Å². The fraction of sp³-hybridized carbons (Fsp3) is 0.500. The van der Waals surface area contributed by atoms with E-state index >= 15 is 0 Å². The molecule has 21 heavy (non-hydrogen) atoms. The van der Waals surface area contributed by atoms with E-state index in [4.69, 9.17) is 4.74 Å². The highest BCUT2D eigenvalue weighted by molar-refractivity contribution is 5.77. The summed E-state index contributed by atoms with van der Waals surface area (Å²) in [5.41, 5.74) is 0.702. The van der Waals surface area contributed by atoms with Gasteiger partial charge in [0.05, 0.1) is 5.54 Å². The number of nitrogens with zero attached hydrogens (tertiary/aromatic N) is 1. The van der Waals surface area contributed by atoms with E-state index in [0.717, 1.165) is 24.2 Å². The van der Waals surface area contributed by atoms with Crippen LogP contribution in [0.3, 0.4) is 0 Å². The Balaban J connectivity index is 1.88. The van der Waals surface area contributed by atoms with Crippen molar-refractivity contribution in [1.29, 1.82) is 0 Å². The number of cyclic esters (lactones) is 1. The molecular formula is C18H23NO2. The summed E-state index contributed by atoms with van der Waals surface area (Å²) in [6.07, 6.45) is 7.69. The zero-order valence-electron chi connectivity index (χ0n) is 12.8. The molecule has 3 nitrogen and oxygen atoms in total. The van der Waals surface area contributed by atoms with Gasteiger partial charge in [-0.05, 0) is 38.3 Å². The molecule has 3 heteroatoms. The van der Waals surface area contributed by atoms with Gasteiger partial charge in [-0.1, -0.05) is 49.6 Å². The van der Waals surface area contributed by atoms with Crippen LogP contribution in [0.2, 0.25) is 0 Å². The highest BCUT2D eigenvalue weighted by Gasteiger charge is 2.48. The first-order chi connectivity index (χ1) is 10.1. The van der Waals surface area contributed by atoms with E-state index < -0.39 is 0 Å². The highest BCUT2D eigenvalue weighted by atomic mass is 16.6. The summed E-state index contributed by atoms with van der Waals surface area (Å²) in [4.78, 5) is 14.3. The van der Waals surface area contributed by atoms with Crippen LogP contribution in [0, 0.1) is 0 Å². The van der Waals surface area contributed by atoms with E-state index in [-0.39, 0.29) is 11.6 Å². The lowest BCUT2D eigenvalue weighted by Crippen LogP contribution is -2.48. The molecule has 1 aliphatic carbocycles. The molecule has 0 radical (unpaired) electrons. The van der Waals surface area contributed by atoms with Crippen molar-refractivity contribution in [2.75, 3.05) is 0 Å². The first kappa shape index (κ1) is 14.2. The molecule has 2 aliphatic rings. The van der Waals surface area contributed by atoms with E-state index in [9.17, 15) is 4.79 Å². The van der Waals surface area contributed by atoms with Gasteiger partial charge in [0.25, 0.3) is 0 Å². The molecule has 1 saturated carbocycles. The lowest BCUT2D eigenvalue weighted by molar-refractivity contribution is 0.113. The fourth-order valence-electron chi connectivity index (χ4n) is 3.47. The molecule has 0 unspecified atom stereocenters. The molecule has 1 aliphatic heterocycles. The summed E-state index contributed by atoms with van der Waals surface area (Å²) in [6, 6.07) is 10.4. The standard InChI is InChI=1S/C18H23NO2/c1-18(2)16(13-14-9-5-3-6-10-14)21-17(20)19(18)15-11-7-4-8-12-15/h3,5-6,9-10,13,15H,4,7-8,11-12H2,1-2H3/b16-13-. The van der Waals surface area contributed by atoms with Crippen molar-refractivity contribution in [2.24, 2.45) is 0 Å². The van der Waals surface area contributed by atoms with Gasteiger partial charge in [-0.15, -0.1) is 0 Å². The monoisotopic (exact) mass is 285 g/mol. The molecule has 3 rings (SSSR count). The Labute approximate surface area is 126 Å². The van der Waals surface area contributed by atoms with Crippen LogP contribution < -0.4 is 0 Å². The summed E-state index contributed by atoms with van der Waals surface area (Å²) in [5, 5.41) is 0. The number of carbonyl (C=O) groups is 1. The van der Waals surface area contributed by atoms with Gasteiger partial charge in [0.15, 0.2) is 0 Å². The van der Waals surface area contributed by atoms with Crippen molar-refractivity contribution >= 4 is 12.2 Å². The Morgan fingerprint density at radius 3 is 2.48 bits per heavy atom. The van der Waals surface area contributed by atoms with Crippen molar-refractivity contribution in [3.63, 3.8) is 0 Å². The molecule has 1 saturated heterocycles. The summed E-state index contributed by atoms with van der Waals surface area (Å²) in [5.74, 6) is 0.754. The van der Waals surface area contributed by atoms with Crippen LogP contribution in [0.5, 0.6) is 0 Å². The van der Waals surface area contributed by atoms with Crippen LogP contribution in [-0.4, -0.2) is 22.6 Å². The number of amides is 1. The van der Waals surface area contributed by atoms with Crippen LogP contribution in [0.1, 0.15) is 51.5 Å². The number of carbonyl (C=O) groups excluding carboxylic acids is 1. The van der Waals surface area contributed by atoms with Crippen LogP contribution in [0.4, 0.5) is 4.79 Å². The first-order valence-electron chi connectivity index (χ1n) is 7.87. The second-order valence-electron chi connectivity index (χ2n) is 6.51. The van der Waals surface area contributed by atoms with Crippen molar-refractivity contribution in [3.05, 3.63) is 41.7 Å². The summed E-state index contributed by atoms with van der Waals surface area (Å²) in [6.45, 7) is 4.17. The Bertz CT molecular complexity index is 542. The Morgan fingerprint density at radius 1 is 1.14 bits per heavy atom. The number of hydrogen-bond acceptors (Lipinski definition) is 2. The van der Waals surface area contributed by atoms with Crippen molar-refractivity contribution < 1.29 is 9.53 Å². The fourth-order valence-corrected chi connectivity index (χ4v) is 3.47. The van der Waals surface area contributed by atoms with Crippen LogP contribution in [0.15, 0.2) is 36.1 Å². The summed E-state index contributed by atoms with van der Waals surface area (Å²) >= 11 is 0. The average molecular weight is 285 g/mol. The summed E-state index contributed by atoms with van der Waals surface area (Å²) < 4.78 is 5.59. The molecule has 112 valence electrons. The quantitative estimate of drug-likeness (QED) is 0.795. The Kier molecular flexibility index (Phi) is 3.75. The van der Waals surface area contributed by atoms with E-state index in [1.807, 2.05) is 41.3 Å². The zero-order chi connectivity index (χ0) is 14.9. The maximum atomic E-state index is 12.4. The molecule has 2 fully saturated rings. The minimum absolute atomic E-state index is 0.186. The van der Waals surface area contributed by atoms with Crippen LogP contribution in [0.25, 0.3) is 6.08 Å². The minimum atomic E-state index is -0.366. The first-order valence-corrected chi connectivity index (χ1v) is 7.87. The largest absolute Gasteiger partial charge is 0.416 e. The van der Waals surface area contributed by atoms with Crippen molar-refractivity contribution in [1.82, 2.24) is 4.90 Å².